The van der Waals surface area contributed by atoms with Gasteiger partial charge in [0.2, 0.25) is 0 Å². The van der Waals surface area contributed by atoms with Crippen molar-refractivity contribution in [1.82, 2.24) is 4.98 Å². The molecule has 1 aromatic heterocycles. The van der Waals surface area contributed by atoms with Gasteiger partial charge in [0.25, 0.3) is 5.91 Å². The molecule has 0 aromatic carbocycles. The number of ether oxygens (including phenoxy) is 1. The predicted octanol–water partition coefficient (Wildman–Crippen LogP) is 2.50. The summed E-state index contributed by atoms with van der Waals surface area (Å²) in [5.41, 5.74) is 4.55. The number of alkyl halides is 3. The Morgan fingerprint density at radius 1 is 1.56 bits per heavy atom. The van der Waals surface area contributed by atoms with Gasteiger partial charge < -0.3 is 10.5 Å². The van der Waals surface area contributed by atoms with E-state index in [9.17, 15) is 18.0 Å². The van der Waals surface area contributed by atoms with Crippen LogP contribution in [0.1, 0.15) is 10.4 Å². The fraction of sp³-hybridized carbons (Fsp3) is 0.143. The molecule has 0 aliphatic rings. The summed E-state index contributed by atoms with van der Waals surface area (Å²) in [4.78, 5) is 14.2. The summed E-state index contributed by atoms with van der Waals surface area (Å²) in [5.74, 6) is -1.71. The Kier molecular flexibility index (Phi) is 3.64. The largest absolute Gasteiger partial charge is 0.573 e. The number of pyridine rings is 1. The van der Waals surface area contributed by atoms with Gasteiger partial charge in [-0.05, 0) is 15.9 Å². The molecule has 0 bridgehead atoms. The Morgan fingerprint density at radius 3 is 2.56 bits per heavy atom. The smallest absolute Gasteiger partial charge is 0.403 e. The predicted molar refractivity (Wildman–Crippen MR) is 52.1 cm³/mol. The van der Waals surface area contributed by atoms with Crippen LogP contribution >= 0.6 is 27.5 Å². The lowest BCUT2D eigenvalue weighted by Gasteiger charge is -2.12. The molecule has 1 heterocycles. The van der Waals surface area contributed by atoms with Crippen molar-refractivity contribution in [3.63, 3.8) is 0 Å². The molecule has 0 radical (unpaired) electrons. The lowest BCUT2D eigenvalue weighted by Crippen LogP contribution is -2.19. The second-order valence-corrected chi connectivity index (χ2v) is 3.67. The molecular weight excluding hydrogens is 316 g/mol. The maximum Gasteiger partial charge on any atom is 0.573 e. The van der Waals surface area contributed by atoms with Crippen LogP contribution in [0.15, 0.2) is 10.7 Å². The lowest BCUT2D eigenvalue weighted by molar-refractivity contribution is -0.275. The van der Waals surface area contributed by atoms with Gasteiger partial charge in [0.15, 0.2) is 5.75 Å². The molecule has 0 aliphatic carbocycles. The van der Waals surface area contributed by atoms with E-state index in [1.54, 1.807) is 0 Å². The van der Waals surface area contributed by atoms with Crippen molar-refractivity contribution in [2.75, 3.05) is 0 Å². The number of carbonyl (C=O) groups excluding carboxylic acids is 1. The van der Waals surface area contributed by atoms with E-state index in [0.29, 0.717) is 0 Å². The van der Waals surface area contributed by atoms with Crippen LogP contribution in [0.4, 0.5) is 13.2 Å². The van der Waals surface area contributed by atoms with Gasteiger partial charge in [0, 0.05) is 0 Å². The van der Waals surface area contributed by atoms with Crippen molar-refractivity contribution < 1.29 is 22.7 Å². The molecule has 1 rings (SSSR count). The maximum absolute atomic E-state index is 11.9. The van der Waals surface area contributed by atoms with Crippen LogP contribution in [0.2, 0.25) is 5.15 Å². The fourth-order valence-electron chi connectivity index (χ4n) is 0.856. The molecule has 2 N–H and O–H groups in total. The monoisotopic (exact) mass is 318 g/mol. The quantitative estimate of drug-likeness (QED) is 0.852. The van der Waals surface area contributed by atoms with E-state index in [1.165, 1.54) is 0 Å². The third-order valence-electron chi connectivity index (χ3n) is 1.41. The number of hydrogen-bond acceptors (Lipinski definition) is 3. The van der Waals surface area contributed by atoms with Gasteiger partial charge in [-0.1, -0.05) is 11.6 Å². The zero-order chi connectivity index (χ0) is 12.5. The minimum Gasteiger partial charge on any atom is -0.403 e. The molecule has 0 saturated heterocycles. The first-order valence-corrected chi connectivity index (χ1v) is 4.79. The number of nitrogens with zero attached hydrogens (tertiary/aromatic N) is 1. The van der Waals surface area contributed by atoms with E-state index < -0.39 is 18.0 Å². The Balaban J connectivity index is 3.24. The first-order chi connectivity index (χ1) is 7.22. The van der Waals surface area contributed by atoms with Crippen LogP contribution in [0.3, 0.4) is 0 Å². The van der Waals surface area contributed by atoms with Gasteiger partial charge in [0.05, 0.1) is 16.2 Å². The minimum atomic E-state index is -4.90. The lowest BCUT2D eigenvalue weighted by atomic mass is 10.2. The molecule has 0 unspecified atom stereocenters. The zero-order valence-electron chi connectivity index (χ0n) is 7.31. The normalized spacial score (nSPS) is 11.3. The topological polar surface area (TPSA) is 65.2 Å². The maximum atomic E-state index is 11.9. The Labute approximate surface area is 101 Å². The van der Waals surface area contributed by atoms with E-state index in [4.69, 9.17) is 17.3 Å². The van der Waals surface area contributed by atoms with Crippen LogP contribution in [-0.4, -0.2) is 17.3 Å². The van der Waals surface area contributed by atoms with Crippen LogP contribution in [-0.2, 0) is 0 Å². The molecule has 0 atom stereocenters. The summed E-state index contributed by atoms with van der Waals surface area (Å²) < 4.78 is 39.1. The number of hydrogen-bond donors (Lipinski definition) is 1. The van der Waals surface area contributed by atoms with E-state index >= 15 is 0 Å². The minimum absolute atomic E-state index is 0.294. The van der Waals surface area contributed by atoms with Gasteiger partial charge in [-0.3, -0.25) is 4.79 Å². The number of amides is 1. The molecule has 1 amide bonds. The van der Waals surface area contributed by atoms with Crippen LogP contribution in [0.5, 0.6) is 5.75 Å². The summed E-state index contributed by atoms with van der Waals surface area (Å²) in [7, 11) is 0. The average molecular weight is 319 g/mol. The Hall–Kier alpha value is -1.02. The Bertz CT molecular complexity index is 438. The van der Waals surface area contributed by atoms with E-state index in [-0.39, 0.29) is 15.2 Å². The number of aromatic nitrogens is 1. The van der Waals surface area contributed by atoms with E-state index in [2.05, 4.69) is 25.7 Å². The summed E-state index contributed by atoms with van der Waals surface area (Å²) >= 11 is 8.22. The number of carbonyl (C=O) groups is 1. The first kappa shape index (κ1) is 13.0. The van der Waals surface area contributed by atoms with Crippen molar-refractivity contribution >= 4 is 33.4 Å². The molecule has 0 fully saturated rings. The van der Waals surface area contributed by atoms with E-state index in [1.807, 2.05) is 0 Å². The van der Waals surface area contributed by atoms with Crippen molar-refractivity contribution in [3.8, 4) is 5.75 Å². The van der Waals surface area contributed by atoms with Gasteiger partial charge >= 0.3 is 6.36 Å². The molecular formula is C7H3BrClF3N2O2. The van der Waals surface area contributed by atoms with Crippen molar-refractivity contribution in [3.05, 3.63) is 21.4 Å². The summed E-state index contributed by atoms with van der Waals surface area (Å²) in [5, 5.41) is -0.311. The molecule has 0 spiro atoms. The zero-order valence-corrected chi connectivity index (χ0v) is 9.65. The van der Waals surface area contributed by atoms with Gasteiger partial charge in [-0.15, -0.1) is 13.2 Å². The number of rotatable bonds is 2. The molecule has 0 aliphatic heterocycles. The standard InChI is InChI=1S/C7H3BrClF3N2O2/c8-4-2(16-7(10,11)12)1-14-5(9)3(4)6(13)15/h1H,(H2,13,15). The molecule has 4 nitrogen and oxygen atoms in total. The summed E-state index contributed by atoms with van der Waals surface area (Å²) in [6.45, 7) is 0. The highest BCUT2D eigenvalue weighted by molar-refractivity contribution is 9.10. The first-order valence-electron chi connectivity index (χ1n) is 3.62. The molecule has 16 heavy (non-hydrogen) atoms. The molecule has 88 valence electrons. The van der Waals surface area contributed by atoms with Gasteiger partial charge in [0.1, 0.15) is 5.15 Å². The second kappa shape index (κ2) is 4.46. The summed E-state index contributed by atoms with van der Waals surface area (Å²) in [6.07, 6.45) is -4.17. The highest BCUT2D eigenvalue weighted by Gasteiger charge is 2.33. The van der Waals surface area contributed by atoms with Crippen LogP contribution in [0.25, 0.3) is 0 Å². The highest BCUT2D eigenvalue weighted by atomic mass is 79.9. The second-order valence-electron chi connectivity index (χ2n) is 2.51. The number of nitrogens with two attached hydrogens (primary N) is 1. The molecule has 0 saturated carbocycles. The molecule has 1 aromatic rings. The average Bonchev–Trinajstić information content (AvgIpc) is 2.07. The van der Waals surface area contributed by atoms with E-state index in [0.717, 1.165) is 6.20 Å². The van der Waals surface area contributed by atoms with Crippen molar-refractivity contribution in [1.29, 1.82) is 0 Å². The SMILES string of the molecule is NC(=O)c1c(Cl)ncc(OC(F)(F)F)c1Br. The third kappa shape index (κ3) is 2.99. The van der Waals surface area contributed by atoms with Crippen molar-refractivity contribution in [2.45, 2.75) is 6.36 Å². The highest BCUT2D eigenvalue weighted by Crippen LogP contribution is 2.34. The number of halogens is 5. The number of primary amides is 1. The Morgan fingerprint density at radius 2 is 2.12 bits per heavy atom. The van der Waals surface area contributed by atoms with Crippen LogP contribution in [0, 0.1) is 0 Å². The van der Waals surface area contributed by atoms with Crippen LogP contribution < -0.4 is 10.5 Å². The van der Waals surface area contributed by atoms with Gasteiger partial charge in [-0.25, -0.2) is 4.98 Å². The molecule has 9 heteroatoms. The van der Waals surface area contributed by atoms with Crippen molar-refractivity contribution in [2.24, 2.45) is 5.73 Å². The fourth-order valence-corrected chi connectivity index (χ4v) is 1.77. The van der Waals surface area contributed by atoms with Gasteiger partial charge in [-0.2, -0.15) is 0 Å². The third-order valence-corrected chi connectivity index (χ3v) is 2.48. The summed E-state index contributed by atoms with van der Waals surface area (Å²) in [6, 6.07) is 0.